The SMILES string of the molecule is CCCCCCCCCCCC(=O)NC(CC(C)C)C(=O)[O-]. The fourth-order valence-electron chi connectivity index (χ4n) is 2.55. The van der Waals surface area contributed by atoms with Crippen molar-refractivity contribution in [1.82, 2.24) is 5.32 Å². The van der Waals surface area contributed by atoms with Gasteiger partial charge in [-0.05, 0) is 18.8 Å². The molecule has 1 unspecified atom stereocenters. The fourth-order valence-corrected chi connectivity index (χ4v) is 2.55. The van der Waals surface area contributed by atoms with Crippen LogP contribution in [0.3, 0.4) is 0 Å². The Kier molecular flexibility index (Phi) is 12.9. The number of carboxylic acids is 1. The van der Waals surface area contributed by atoms with Gasteiger partial charge >= 0.3 is 0 Å². The number of carboxylic acid groups (broad SMARTS) is 1. The topological polar surface area (TPSA) is 69.2 Å². The highest BCUT2D eigenvalue weighted by atomic mass is 16.4. The molecule has 1 amide bonds. The molecule has 22 heavy (non-hydrogen) atoms. The molecule has 1 N–H and O–H groups in total. The first kappa shape index (κ1) is 20.9. The molecule has 0 aromatic rings. The van der Waals surface area contributed by atoms with Crippen LogP contribution >= 0.6 is 0 Å². The Morgan fingerprint density at radius 1 is 0.909 bits per heavy atom. The molecule has 4 heteroatoms. The van der Waals surface area contributed by atoms with E-state index in [1.54, 1.807) is 0 Å². The summed E-state index contributed by atoms with van der Waals surface area (Å²) in [4.78, 5) is 22.7. The number of carbonyl (C=O) groups is 2. The smallest absolute Gasteiger partial charge is 0.220 e. The molecular formula is C18H34NO3-. The Bertz CT molecular complexity index is 303. The largest absolute Gasteiger partial charge is 0.548 e. The van der Waals surface area contributed by atoms with Gasteiger partial charge in [-0.15, -0.1) is 0 Å². The molecule has 0 radical (unpaired) electrons. The lowest BCUT2D eigenvalue weighted by Gasteiger charge is -2.21. The first-order valence-electron chi connectivity index (χ1n) is 8.97. The van der Waals surface area contributed by atoms with Crippen LogP contribution in [0.4, 0.5) is 0 Å². The zero-order valence-electron chi connectivity index (χ0n) is 14.7. The van der Waals surface area contributed by atoms with Gasteiger partial charge in [-0.3, -0.25) is 4.79 Å². The third-order valence-corrected chi connectivity index (χ3v) is 3.83. The van der Waals surface area contributed by atoms with Gasteiger partial charge in [0.25, 0.3) is 0 Å². The maximum atomic E-state index is 11.7. The molecule has 0 saturated carbocycles. The van der Waals surface area contributed by atoms with E-state index in [9.17, 15) is 14.7 Å². The Labute approximate surface area is 136 Å². The van der Waals surface area contributed by atoms with E-state index in [4.69, 9.17) is 0 Å². The maximum absolute atomic E-state index is 11.7. The monoisotopic (exact) mass is 312 g/mol. The van der Waals surface area contributed by atoms with E-state index in [1.165, 1.54) is 38.5 Å². The average molecular weight is 312 g/mol. The van der Waals surface area contributed by atoms with Crippen molar-refractivity contribution >= 4 is 11.9 Å². The Morgan fingerprint density at radius 2 is 1.41 bits per heavy atom. The first-order valence-corrected chi connectivity index (χ1v) is 8.97. The van der Waals surface area contributed by atoms with Gasteiger partial charge in [-0.25, -0.2) is 0 Å². The minimum Gasteiger partial charge on any atom is -0.548 e. The molecule has 0 saturated heterocycles. The van der Waals surface area contributed by atoms with E-state index in [1.807, 2.05) is 13.8 Å². The van der Waals surface area contributed by atoms with Crippen LogP contribution in [0.25, 0.3) is 0 Å². The van der Waals surface area contributed by atoms with E-state index in [0.29, 0.717) is 12.8 Å². The summed E-state index contributed by atoms with van der Waals surface area (Å²) in [6, 6.07) is -0.855. The number of hydrogen-bond acceptors (Lipinski definition) is 3. The van der Waals surface area contributed by atoms with Crippen molar-refractivity contribution in [2.75, 3.05) is 0 Å². The molecule has 0 aromatic carbocycles. The standard InChI is InChI=1S/C18H35NO3/c1-4-5-6-7-8-9-10-11-12-13-17(20)19-16(18(21)22)14-15(2)3/h15-16H,4-14H2,1-3H3,(H,19,20)(H,21,22)/p-1. The van der Waals surface area contributed by atoms with Gasteiger partial charge in [0, 0.05) is 6.42 Å². The van der Waals surface area contributed by atoms with Crippen LogP contribution in [-0.4, -0.2) is 17.9 Å². The Hall–Kier alpha value is -1.06. The summed E-state index contributed by atoms with van der Waals surface area (Å²) in [6.45, 7) is 6.09. The summed E-state index contributed by atoms with van der Waals surface area (Å²) in [7, 11) is 0. The molecule has 0 fully saturated rings. The highest BCUT2D eigenvalue weighted by molar-refractivity contribution is 5.82. The van der Waals surface area contributed by atoms with Crippen LogP contribution in [0.1, 0.15) is 91.4 Å². The maximum Gasteiger partial charge on any atom is 0.220 e. The fraction of sp³-hybridized carbons (Fsp3) is 0.889. The number of hydrogen-bond donors (Lipinski definition) is 1. The third kappa shape index (κ3) is 12.7. The van der Waals surface area contributed by atoms with Gasteiger partial charge in [-0.2, -0.15) is 0 Å². The summed E-state index contributed by atoms with van der Waals surface area (Å²) in [5.41, 5.74) is 0. The molecule has 0 aliphatic rings. The lowest BCUT2D eigenvalue weighted by Crippen LogP contribution is -2.48. The van der Waals surface area contributed by atoms with Crippen molar-refractivity contribution in [3.05, 3.63) is 0 Å². The molecule has 0 rings (SSSR count). The second-order valence-corrected chi connectivity index (χ2v) is 6.65. The van der Waals surface area contributed by atoms with Gasteiger partial charge in [0.2, 0.25) is 5.91 Å². The van der Waals surface area contributed by atoms with E-state index in [-0.39, 0.29) is 11.8 Å². The van der Waals surface area contributed by atoms with E-state index < -0.39 is 12.0 Å². The summed E-state index contributed by atoms with van der Waals surface area (Å²) >= 11 is 0. The quantitative estimate of drug-likeness (QED) is 0.501. The van der Waals surface area contributed by atoms with Gasteiger partial charge in [0.05, 0.1) is 12.0 Å². The molecule has 1 atom stereocenters. The molecule has 0 bridgehead atoms. The highest BCUT2D eigenvalue weighted by Crippen LogP contribution is 2.11. The van der Waals surface area contributed by atoms with Crippen LogP contribution in [0, 0.1) is 5.92 Å². The molecule has 4 nitrogen and oxygen atoms in total. The summed E-state index contributed by atoms with van der Waals surface area (Å²) in [5, 5.41) is 13.5. The van der Waals surface area contributed by atoms with E-state index >= 15 is 0 Å². The molecular weight excluding hydrogens is 278 g/mol. The Balaban J connectivity index is 3.61. The molecule has 130 valence electrons. The highest BCUT2D eigenvalue weighted by Gasteiger charge is 2.14. The number of aliphatic carboxylic acids is 1. The zero-order valence-corrected chi connectivity index (χ0v) is 14.7. The summed E-state index contributed by atoms with van der Waals surface area (Å²) < 4.78 is 0. The van der Waals surface area contributed by atoms with Gasteiger partial charge < -0.3 is 15.2 Å². The van der Waals surface area contributed by atoms with Crippen LogP contribution < -0.4 is 10.4 Å². The van der Waals surface area contributed by atoms with Gasteiger partial charge in [0.15, 0.2) is 0 Å². The van der Waals surface area contributed by atoms with Crippen molar-refractivity contribution in [3.8, 4) is 0 Å². The third-order valence-electron chi connectivity index (χ3n) is 3.83. The van der Waals surface area contributed by atoms with Crippen LogP contribution in [0.15, 0.2) is 0 Å². The lowest BCUT2D eigenvalue weighted by atomic mass is 10.0. The van der Waals surface area contributed by atoms with E-state index in [0.717, 1.165) is 19.3 Å². The van der Waals surface area contributed by atoms with Crippen molar-refractivity contribution in [2.45, 2.75) is 97.4 Å². The molecule has 0 spiro atoms. The predicted molar refractivity (Wildman–Crippen MR) is 88.2 cm³/mol. The second-order valence-electron chi connectivity index (χ2n) is 6.65. The first-order chi connectivity index (χ1) is 10.5. The molecule has 0 heterocycles. The molecule has 0 aliphatic heterocycles. The second kappa shape index (κ2) is 13.6. The predicted octanol–water partition coefficient (Wildman–Crippen LogP) is 3.19. The summed E-state index contributed by atoms with van der Waals surface area (Å²) in [6.07, 6.45) is 11.7. The molecule has 0 aliphatic carbocycles. The van der Waals surface area contributed by atoms with Gasteiger partial charge in [0.1, 0.15) is 0 Å². The van der Waals surface area contributed by atoms with Crippen molar-refractivity contribution < 1.29 is 14.7 Å². The summed E-state index contributed by atoms with van der Waals surface area (Å²) in [5.74, 6) is -1.14. The number of carbonyl (C=O) groups excluding carboxylic acids is 2. The lowest BCUT2D eigenvalue weighted by molar-refractivity contribution is -0.308. The van der Waals surface area contributed by atoms with Crippen molar-refractivity contribution in [3.63, 3.8) is 0 Å². The van der Waals surface area contributed by atoms with Crippen LogP contribution in [-0.2, 0) is 9.59 Å². The molecule has 0 aromatic heterocycles. The number of nitrogens with one attached hydrogen (secondary N) is 1. The Morgan fingerprint density at radius 3 is 1.86 bits per heavy atom. The minimum atomic E-state index is -1.19. The number of rotatable bonds is 14. The van der Waals surface area contributed by atoms with Crippen LogP contribution in [0.2, 0.25) is 0 Å². The van der Waals surface area contributed by atoms with Gasteiger partial charge in [-0.1, -0.05) is 72.1 Å². The average Bonchev–Trinajstić information content (AvgIpc) is 2.44. The van der Waals surface area contributed by atoms with Crippen molar-refractivity contribution in [1.29, 1.82) is 0 Å². The van der Waals surface area contributed by atoms with Crippen LogP contribution in [0.5, 0.6) is 0 Å². The number of amides is 1. The minimum absolute atomic E-state index is 0.169. The normalized spacial score (nSPS) is 12.4. The van der Waals surface area contributed by atoms with E-state index in [2.05, 4.69) is 12.2 Å². The van der Waals surface area contributed by atoms with Crippen molar-refractivity contribution in [2.24, 2.45) is 5.92 Å². The number of unbranched alkanes of at least 4 members (excludes halogenated alkanes) is 8. The zero-order chi connectivity index (χ0) is 16.8.